The summed E-state index contributed by atoms with van der Waals surface area (Å²) in [6.07, 6.45) is 3.00. The van der Waals surface area contributed by atoms with Gasteiger partial charge in [0, 0.05) is 6.08 Å². The minimum Gasteiger partial charge on any atom is -0.497 e. The van der Waals surface area contributed by atoms with Gasteiger partial charge in [0.25, 0.3) is 0 Å². The van der Waals surface area contributed by atoms with Gasteiger partial charge in [-0.25, -0.2) is 4.79 Å². The molecule has 0 saturated heterocycles. The standard InChI is InChI=1S/C17H16N2O4/c1-22-13-6-4-5-12(11-13)9-10-16(20)19-15-8-3-2-7-14(15)17(21)23-18/h2-11H,18H2,1H3,(H,19,20)/b10-9+. The van der Waals surface area contributed by atoms with Gasteiger partial charge in [-0.2, -0.15) is 5.90 Å². The molecule has 0 heterocycles. The first-order valence-corrected chi connectivity index (χ1v) is 6.77. The summed E-state index contributed by atoms with van der Waals surface area (Å²) in [5, 5.41) is 2.61. The second-order valence-corrected chi connectivity index (χ2v) is 4.55. The second kappa shape index (κ2) is 7.77. The van der Waals surface area contributed by atoms with Crippen LogP contribution in [0.3, 0.4) is 0 Å². The molecule has 23 heavy (non-hydrogen) atoms. The molecule has 0 fully saturated rings. The Bertz CT molecular complexity index is 741. The average molecular weight is 312 g/mol. The van der Waals surface area contributed by atoms with Crippen molar-refractivity contribution in [3.8, 4) is 5.75 Å². The Labute approximate surface area is 133 Å². The number of anilines is 1. The third-order valence-electron chi connectivity index (χ3n) is 3.03. The largest absolute Gasteiger partial charge is 0.497 e. The Kier molecular flexibility index (Phi) is 5.49. The number of benzene rings is 2. The summed E-state index contributed by atoms with van der Waals surface area (Å²) in [7, 11) is 1.57. The molecule has 0 bridgehead atoms. The smallest absolute Gasteiger partial charge is 0.358 e. The molecule has 0 atom stereocenters. The van der Waals surface area contributed by atoms with E-state index in [0.29, 0.717) is 11.4 Å². The van der Waals surface area contributed by atoms with Gasteiger partial charge in [0.1, 0.15) is 5.75 Å². The van der Waals surface area contributed by atoms with Crippen LogP contribution in [0.25, 0.3) is 6.08 Å². The summed E-state index contributed by atoms with van der Waals surface area (Å²) in [6, 6.07) is 13.7. The van der Waals surface area contributed by atoms with Crippen molar-refractivity contribution in [3.63, 3.8) is 0 Å². The van der Waals surface area contributed by atoms with Crippen molar-refractivity contribution < 1.29 is 19.2 Å². The van der Waals surface area contributed by atoms with Crippen molar-refractivity contribution in [3.05, 3.63) is 65.7 Å². The molecule has 2 rings (SSSR count). The van der Waals surface area contributed by atoms with E-state index in [1.54, 1.807) is 37.5 Å². The maximum atomic E-state index is 12.0. The van der Waals surface area contributed by atoms with Gasteiger partial charge in [0.2, 0.25) is 5.91 Å². The Morgan fingerprint density at radius 1 is 1.13 bits per heavy atom. The number of methoxy groups -OCH3 is 1. The fourth-order valence-corrected chi connectivity index (χ4v) is 1.93. The molecule has 0 aromatic heterocycles. The molecule has 3 N–H and O–H groups in total. The van der Waals surface area contributed by atoms with Crippen LogP contribution in [-0.4, -0.2) is 19.0 Å². The maximum Gasteiger partial charge on any atom is 0.358 e. The summed E-state index contributed by atoms with van der Waals surface area (Å²) in [5.74, 6) is 4.47. The molecule has 0 aliphatic heterocycles. The first kappa shape index (κ1) is 16.3. The van der Waals surface area contributed by atoms with E-state index < -0.39 is 5.97 Å². The maximum absolute atomic E-state index is 12.0. The van der Waals surface area contributed by atoms with Gasteiger partial charge in [0.05, 0.1) is 18.4 Å². The molecule has 6 heteroatoms. The lowest BCUT2D eigenvalue weighted by Gasteiger charge is -2.07. The van der Waals surface area contributed by atoms with Crippen LogP contribution in [0.5, 0.6) is 5.75 Å². The number of amides is 1. The average Bonchev–Trinajstić information content (AvgIpc) is 2.60. The van der Waals surface area contributed by atoms with Gasteiger partial charge in [-0.3, -0.25) is 4.79 Å². The predicted octanol–water partition coefficient (Wildman–Crippen LogP) is 2.38. The third kappa shape index (κ3) is 4.42. The highest BCUT2D eigenvalue weighted by molar-refractivity contribution is 6.06. The molecular weight excluding hydrogens is 296 g/mol. The van der Waals surface area contributed by atoms with Crippen LogP contribution >= 0.6 is 0 Å². The van der Waals surface area contributed by atoms with E-state index in [1.165, 1.54) is 12.1 Å². The molecule has 2 aromatic rings. The first-order valence-electron chi connectivity index (χ1n) is 6.77. The summed E-state index contributed by atoms with van der Waals surface area (Å²) >= 11 is 0. The lowest BCUT2D eigenvalue weighted by atomic mass is 10.1. The number of rotatable bonds is 5. The van der Waals surface area contributed by atoms with Crippen molar-refractivity contribution in [1.82, 2.24) is 0 Å². The normalized spacial score (nSPS) is 10.3. The van der Waals surface area contributed by atoms with Crippen molar-refractivity contribution in [2.24, 2.45) is 5.90 Å². The molecule has 0 spiro atoms. The monoisotopic (exact) mass is 312 g/mol. The zero-order chi connectivity index (χ0) is 16.7. The fourth-order valence-electron chi connectivity index (χ4n) is 1.93. The molecule has 6 nitrogen and oxygen atoms in total. The quantitative estimate of drug-likeness (QED) is 0.653. The summed E-state index contributed by atoms with van der Waals surface area (Å²) in [6.45, 7) is 0. The van der Waals surface area contributed by atoms with Crippen LogP contribution in [0.1, 0.15) is 15.9 Å². The molecule has 0 radical (unpaired) electrons. The summed E-state index contributed by atoms with van der Waals surface area (Å²) < 4.78 is 5.11. The van der Waals surface area contributed by atoms with E-state index in [9.17, 15) is 9.59 Å². The van der Waals surface area contributed by atoms with E-state index in [-0.39, 0.29) is 11.5 Å². The Balaban J connectivity index is 2.10. The molecule has 2 aromatic carbocycles. The lowest BCUT2D eigenvalue weighted by molar-refractivity contribution is -0.111. The topological polar surface area (TPSA) is 90.6 Å². The number of hydrogen-bond acceptors (Lipinski definition) is 5. The van der Waals surface area contributed by atoms with E-state index in [1.807, 2.05) is 18.2 Å². The van der Waals surface area contributed by atoms with Gasteiger partial charge in [-0.15, -0.1) is 0 Å². The van der Waals surface area contributed by atoms with Crippen LogP contribution in [0, 0.1) is 0 Å². The Morgan fingerprint density at radius 3 is 2.65 bits per heavy atom. The number of para-hydroxylation sites is 1. The highest BCUT2D eigenvalue weighted by Gasteiger charge is 2.12. The number of carbonyl (C=O) groups excluding carboxylic acids is 2. The van der Waals surface area contributed by atoms with Crippen molar-refractivity contribution >= 4 is 23.6 Å². The molecular formula is C17H16N2O4. The van der Waals surface area contributed by atoms with Crippen LogP contribution in [-0.2, 0) is 9.63 Å². The second-order valence-electron chi connectivity index (χ2n) is 4.55. The van der Waals surface area contributed by atoms with Gasteiger partial charge in [0.15, 0.2) is 0 Å². The summed E-state index contributed by atoms with van der Waals surface area (Å²) in [4.78, 5) is 27.7. The predicted molar refractivity (Wildman–Crippen MR) is 86.7 cm³/mol. The number of ether oxygens (including phenoxy) is 1. The zero-order valence-electron chi connectivity index (χ0n) is 12.5. The first-order chi connectivity index (χ1) is 11.1. The highest BCUT2D eigenvalue weighted by Crippen LogP contribution is 2.16. The minimum absolute atomic E-state index is 0.179. The molecule has 118 valence electrons. The number of nitrogens with two attached hydrogens (primary N) is 1. The van der Waals surface area contributed by atoms with Gasteiger partial charge >= 0.3 is 5.97 Å². The minimum atomic E-state index is -0.724. The summed E-state index contributed by atoms with van der Waals surface area (Å²) in [5.41, 5.74) is 1.32. The Hall–Kier alpha value is -3.12. The van der Waals surface area contributed by atoms with E-state index >= 15 is 0 Å². The molecule has 1 amide bonds. The van der Waals surface area contributed by atoms with Crippen LogP contribution in [0.4, 0.5) is 5.69 Å². The van der Waals surface area contributed by atoms with Crippen molar-refractivity contribution in [1.29, 1.82) is 0 Å². The number of carbonyl (C=O) groups is 2. The number of hydrogen-bond donors (Lipinski definition) is 2. The van der Waals surface area contributed by atoms with Crippen LogP contribution < -0.4 is 16.0 Å². The fraction of sp³-hybridized carbons (Fsp3) is 0.0588. The van der Waals surface area contributed by atoms with Gasteiger partial charge in [-0.1, -0.05) is 24.3 Å². The molecule has 0 aliphatic carbocycles. The van der Waals surface area contributed by atoms with Crippen molar-refractivity contribution in [2.45, 2.75) is 0 Å². The zero-order valence-corrected chi connectivity index (χ0v) is 12.5. The number of nitrogens with one attached hydrogen (secondary N) is 1. The van der Waals surface area contributed by atoms with Gasteiger partial charge < -0.3 is 14.9 Å². The molecule has 0 unspecified atom stereocenters. The van der Waals surface area contributed by atoms with Crippen LogP contribution in [0.2, 0.25) is 0 Å². The molecule has 0 aliphatic rings. The third-order valence-corrected chi connectivity index (χ3v) is 3.03. The Morgan fingerprint density at radius 2 is 1.91 bits per heavy atom. The van der Waals surface area contributed by atoms with E-state index in [2.05, 4.69) is 10.2 Å². The van der Waals surface area contributed by atoms with Crippen LogP contribution in [0.15, 0.2) is 54.6 Å². The highest BCUT2D eigenvalue weighted by atomic mass is 16.7. The lowest BCUT2D eigenvalue weighted by Crippen LogP contribution is -2.15. The van der Waals surface area contributed by atoms with E-state index in [0.717, 1.165) is 5.56 Å². The molecule has 0 saturated carbocycles. The van der Waals surface area contributed by atoms with Gasteiger partial charge in [-0.05, 0) is 35.9 Å². The SMILES string of the molecule is COc1cccc(/C=C/C(=O)Nc2ccccc2C(=O)ON)c1. The van der Waals surface area contributed by atoms with E-state index in [4.69, 9.17) is 10.6 Å². The van der Waals surface area contributed by atoms with Crippen molar-refractivity contribution in [2.75, 3.05) is 12.4 Å².